The van der Waals surface area contributed by atoms with Crippen LogP contribution in [0.15, 0.2) is 21.1 Å². The average molecular weight is 578 g/mol. The molecule has 0 aliphatic carbocycles. The molecule has 0 aromatic heterocycles. The summed E-state index contributed by atoms with van der Waals surface area (Å²) in [5.74, 6) is -1.72. The number of nitrogens with one attached hydrogen (secondary N) is 2. The Labute approximate surface area is 205 Å². The summed E-state index contributed by atoms with van der Waals surface area (Å²) >= 11 is 6.65. The highest BCUT2D eigenvalue weighted by atomic mass is 79.9. The van der Waals surface area contributed by atoms with Gasteiger partial charge >= 0.3 is 11.9 Å². The van der Waals surface area contributed by atoms with Crippen molar-refractivity contribution < 1.29 is 28.7 Å². The summed E-state index contributed by atoms with van der Waals surface area (Å²) in [4.78, 5) is 49.7. The zero-order chi connectivity index (χ0) is 24.6. The van der Waals surface area contributed by atoms with Crippen molar-refractivity contribution in [1.29, 1.82) is 0 Å². The molecule has 0 spiro atoms. The van der Waals surface area contributed by atoms with Crippen LogP contribution in [0.1, 0.15) is 61.3 Å². The molecule has 8 nitrogen and oxygen atoms in total. The molecule has 0 heterocycles. The number of hydrogen-bond donors (Lipinski definition) is 2. The third kappa shape index (κ3) is 8.20. The van der Waals surface area contributed by atoms with Gasteiger partial charge in [-0.2, -0.15) is 0 Å². The van der Waals surface area contributed by atoms with E-state index in [0.29, 0.717) is 21.8 Å². The van der Waals surface area contributed by atoms with E-state index in [1.54, 1.807) is 0 Å². The SMILES string of the molecule is COC(=O)C(CC(C)C)NC(=O)c1cc(Br)c(C(=O)NC(CC(C)C)C(=O)OC)cc1Br. The van der Waals surface area contributed by atoms with Gasteiger partial charge in [0.05, 0.1) is 25.3 Å². The highest BCUT2D eigenvalue weighted by Gasteiger charge is 2.27. The molecule has 178 valence electrons. The van der Waals surface area contributed by atoms with E-state index in [1.807, 2.05) is 27.7 Å². The van der Waals surface area contributed by atoms with Crippen molar-refractivity contribution in [1.82, 2.24) is 10.6 Å². The quantitative estimate of drug-likeness (QED) is 0.409. The highest BCUT2D eigenvalue weighted by molar-refractivity contribution is 9.11. The minimum absolute atomic E-state index is 0.161. The summed E-state index contributed by atoms with van der Waals surface area (Å²) in [6, 6.07) is 1.37. The summed E-state index contributed by atoms with van der Waals surface area (Å²) in [5.41, 5.74) is 0.468. The minimum atomic E-state index is -0.794. The third-order valence-corrected chi connectivity index (χ3v) is 5.85. The van der Waals surface area contributed by atoms with Crippen LogP contribution in [-0.2, 0) is 19.1 Å². The normalized spacial score (nSPS) is 12.8. The van der Waals surface area contributed by atoms with Crippen molar-refractivity contribution in [2.75, 3.05) is 14.2 Å². The van der Waals surface area contributed by atoms with Gasteiger partial charge in [-0.25, -0.2) is 9.59 Å². The Kier molecular flexibility index (Phi) is 11.4. The van der Waals surface area contributed by atoms with Crippen LogP contribution in [0.25, 0.3) is 0 Å². The molecule has 0 radical (unpaired) electrons. The summed E-state index contributed by atoms with van der Waals surface area (Å²) in [6.45, 7) is 7.73. The van der Waals surface area contributed by atoms with Gasteiger partial charge in [0.2, 0.25) is 0 Å². The molecule has 0 fully saturated rings. The van der Waals surface area contributed by atoms with Crippen LogP contribution in [0.2, 0.25) is 0 Å². The topological polar surface area (TPSA) is 111 Å². The Hall–Kier alpha value is -1.94. The molecule has 1 aromatic carbocycles. The molecule has 2 atom stereocenters. The fraction of sp³-hybridized carbons (Fsp3) is 0.545. The van der Waals surface area contributed by atoms with Crippen molar-refractivity contribution >= 4 is 55.6 Å². The molecule has 0 saturated heterocycles. The summed E-state index contributed by atoms with van der Waals surface area (Å²) in [5, 5.41) is 5.36. The number of carbonyl (C=O) groups excluding carboxylic acids is 4. The molecule has 0 saturated carbocycles. The predicted octanol–water partition coefficient (Wildman–Crippen LogP) is 3.85. The van der Waals surface area contributed by atoms with Crippen LogP contribution in [0.5, 0.6) is 0 Å². The average Bonchev–Trinajstić information content (AvgIpc) is 2.71. The second kappa shape index (κ2) is 12.9. The van der Waals surface area contributed by atoms with Crippen LogP contribution >= 0.6 is 31.9 Å². The molecule has 0 aliphatic rings. The van der Waals surface area contributed by atoms with Crippen molar-refractivity contribution in [3.05, 3.63) is 32.2 Å². The molecule has 1 rings (SSSR count). The van der Waals surface area contributed by atoms with Crippen molar-refractivity contribution in [2.45, 2.75) is 52.6 Å². The van der Waals surface area contributed by atoms with Gasteiger partial charge in [-0.15, -0.1) is 0 Å². The zero-order valence-corrected chi connectivity index (χ0v) is 22.3. The molecular formula is C22H30Br2N2O6. The van der Waals surface area contributed by atoms with Crippen LogP contribution < -0.4 is 10.6 Å². The second-order valence-electron chi connectivity index (χ2n) is 8.17. The van der Waals surface area contributed by atoms with Crippen LogP contribution in [0.3, 0.4) is 0 Å². The van der Waals surface area contributed by atoms with Gasteiger partial charge in [-0.3, -0.25) is 9.59 Å². The number of hydrogen-bond acceptors (Lipinski definition) is 6. The number of amides is 2. The highest BCUT2D eigenvalue weighted by Crippen LogP contribution is 2.27. The Balaban J connectivity index is 3.11. The Morgan fingerprint density at radius 1 is 0.750 bits per heavy atom. The van der Waals surface area contributed by atoms with E-state index in [2.05, 4.69) is 42.5 Å². The van der Waals surface area contributed by atoms with Crippen LogP contribution in [0, 0.1) is 11.8 Å². The largest absolute Gasteiger partial charge is 0.467 e. The van der Waals surface area contributed by atoms with E-state index in [4.69, 9.17) is 9.47 Å². The standard InChI is InChI=1S/C22H30Br2N2O6/c1-11(2)7-17(21(29)31-5)25-19(27)13-9-16(24)14(10-15(13)23)20(28)26-18(8-12(3)4)22(30)32-6/h9-12,17-18H,7-8H2,1-6H3,(H,25,27)(H,26,28). The number of halogens is 2. The first kappa shape index (κ1) is 28.1. The number of benzene rings is 1. The Morgan fingerprint density at radius 3 is 1.31 bits per heavy atom. The van der Waals surface area contributed by atoms with Crippen molar-refractivity contribution in [3.63, 3.8) is 0 Å². The number of ether oxygens (including phenoxy) is 2. The molecule has 2 amide bonds. The lowest BCUT2D eigenvalue weighted by atomic mass is 10.0. The molecule has 10 heteroatoms. The van der Waals surface area contributed by atoms with Gasteiger partial charge in [0, 0.05) is 8.95 Å². The molecule has 0 aliphatic heterocycles. The first-order valence-corrected chi connectivity index (χ1v) is 11.8. The van der Waals surface area contributed by atoms with Crippen LogP contribution in [0.4, 0.5) is 0 Å². The van der Waals surface area contributed by atoms with E-state index in [9.17, 15) is 19.2 Å². The maximum absolute atomic E-state index is 12.8. The van der Waals surface area contributed by atoms with E-state index in [-0.39, 0.29) is 23.0 Å². The number of methoxy groups -OCH3 is 2. The van der Waals surface area contributed by atoms with E-state index in [0.717, 1.165) is 0 Å². The predicted molar refractivity (Wildman–Crippen MR) is 127 cm³/mol. The van der Waals surface area contributed by atoms with Crippen LogP contribution in [-0.4, -0.2) is 50.1 Å². The molecule has 32 heavy (non-hydrogen) atoms. The number of carbonyl (C=O) groups is 4. The molecule has 1 aromatic rings. The Morgan fingerprint density at radius 2 is 1.06 bits per heavy atom. The second-order valence-corrected chi connectivity index (χ2v) is 9.88. The summed E-state index contributed by atoms with van der Waals surface area (Å²) < 4.78 is 10.3. The van der Waals surface area contributed by atoms with Gasteiger partial charge in [0.25, 0.3) is 11.8 Å². The summed E-state index contributed by atoms with van der Waals surface area (Å²) in [7, 11) is 2.53. The smallest absolute Gasteiger partial charge is 0.328 e. The van der Waals surface area contributed by atoms with E-state index < -0.39 is 35.8 Å². The van der Waals surface area contributed by atoms with Gasteiger partial charge < -0.3 is 20.1 Å². The van der Waals surface area contributed by atoms with Gasteiger partial charge in [0.1, 0.15) is 12.1 Å². The third-order valence-electron chi connectivity index (χ3n) is 4.54. The van der Waals surface area contributed by atoms with Crippen molar-refractivity contribution in [2.24, 2.45) is 11.8 Å². The molecule has 2 N–H and O–H groups in total. The lowest BCUT2D eigenvalue weighted by Crippen LogP contribution is -2.43. The van der Waals surface area contributed by atoms with Crippen molar-refractivity contribution in [3.8, 4) is 0 Å². The van der Waals surface area contributed by atoms with Gasteiger partial charge in [-0.1, -0.05) is 27.7 Å². The van der Waals surface area contributed by atoms with Gasteiger partial charge in [-0.05, 0) is 68.7 Å². The first-order valence-electron chi connectivity index (χ1n) is 10.2. The summed E-state index contributed by atoms with van der Waals surface area (Å²) in [6.07, 6.45) is 0.838. The number of esters is 2. The zero-order valence-electron chi connectivity index (χ0n) is 19.1. The molecule has 2 unspecified atom stereocenters. The molecular weight excluding hydrogens is 548 g/mol. The lowest BCUT2D eigenvalue weighted by molar-refractivity contribution is -0.144. The fourth-order valence-corrected chi connectivity index (χ4v) is 4.07. The number of rotatable bonds is 10. The fourth-order valence-electron chi connectivity index (χ4n) is 3.02. The molecule has 0 bridgehead atoms. The van der Waals surface area contributed by atoms with Gasteiger partial charge in [0.15, 0.2) is 0 Å². The maximum Gasteiger partial charge on any atom is 0.328 e. The maximum atomic E-state index is 12.8. The Bertz CT molecular complexity index is 787. The minimum Gasteiger partial charge on any atom is -0.467 e. The van der Waals surface area contributed by atoms with E-state index in [1.165, 1.54) is 26.4 Å². The first-order chi connectivity index (χ1) is 14.9. The monoisotopic (exact) mass is 576 g/mol. The lowest BCUT2D eigenvalue weighted by Gasteiger charge is -2.20. The van der Waals surface area contributed by atoms with E-state index >= 15 is 0 Å².